The summed E-state index contributed by atoms with van der Waals surface area (Å²) in [6, 6.07) is 0.172. The fourth-order valence-electron chi connectivity index (χ4n) is 3.93. The van der Waals surface area contributed by atoms with Gasteiger partial charge in [-0.1, -0.05) is 0 Å². The van der Waals surface area contributed by atoms with Gasteiger partial charge in [0.1, 0.15) is 0 Å². The number of urea groups is 1. The standard InChI is InChI=1S/C17H26N4O2/c1-23-11-14-9-20(17(22)19-6-2-3-7-19)10-15-16(14)21(12-18-15)8-13-4-5-13/h12-14H,2-11H2,1H3/t14-/m0/s1. The van der Waals surface area contributed by atoms with Crippen molar-refractivity contribution >= 4 is 6.03 Å². The molecule has 6 heteroatoms. The minimum absolute atomic E-state index is 0.172. The second-order valence-electron chi connectivity index (χ2n) is 7.18. The smallest absolute Gasteiger partial charge is 0.320 e. The monoisotopic (exact) mass is 318 g/mol. The number of imidazole rings is 1. The van der Waals surface area contributed by atoms with E-state index in [0.29, 0.717) is 13.2 Å². The molecule has 1 aromatic rings. The molecule has 1 aliphatic carbocycles. The molecule has 0 unspecified atom stereocenters. The summed E-state index contributed by atoms with van der Waals surface area (Å²) in [5, 5.41) is 0. The molecule has 2 amide bonds. The third-order valence-corrected chi connectivity index (χ3v) is 5.29. The Morgan fingerprint density at radius 2 is 2.09 bits per heavy atom. The van der Waals surface area contributed by atoms with Crippen molar-refractivity contribution in [3.8, 4) is 0 Å². The van der Waals surface area contributed by atoms with E-state index in [9.17, 15) is 4.79 Å². The molecule has 6 nitrogen and oxygen atoms in total. The van der Waals surface area contributed by atoms with Crippen LogP contribution in [0, 0.1) is 5.92 Å². The highest BCUT2D eigenvalue weighted by Crippen LogP contribution is 2.34. The summed E-state index contributed by atoms with van der Waals surface area (Å²) < 4.78 is 7.76. The van der Waals surface area contributed by atoms with Gasteiger partial charge in [0.25, 0.3) is 0 Å². The van der Waals surface area contributed by atoms with Gasteiger partial charge in [-0.2, -0.15) is 0 Å². The fraction of sp³-hybridized carbons (Fsp3) is 0.765. The van der Waals surface area contributed by atoms with Crippen molar-refractivity contribution in [2.75, 3.05) is 33.4 Å². The molecule has 126 valence electrons. The average molecular weight is 318 g/mol. The third-order valence-electron chi connectivity index (χ3n) is 5.29. The summed E-state index contributed by atoms with van der Waals surface area (Å²) in [4.78, 5) is 21.3. The first-order valence-corrected chi connectivity index (χ1v) is 8.83. The summed E-state index contributed by atoms with van der Waals surface area (Å²) in [6.45, 7) is 4.89. The van der Waals surface area contributed by atoms with Gasteiger partial charge in [0.2, 0.25) is 0 Å². The van der Waals surface area contributed by atoms with E-state index in [1.165, 1.54) is 18.5 Å². The highest BCUT2D eigenvalue weighted by molar-refractivity contribution is 5.75. The maximum atomic E-state index is 12.7. The summed E-state index contributed by atoms with van der Waals surface area (Å²) in [5.41, 5.74) is 2.36. The molecule has 4 rings (SSSR count). The van der Waals surface area contributed by atoms with E-state index in [0.717, 1.165) is 50.6 Å². The first-order valence-electron chi connectivity index (χ1n) is 8.83. The Labute approximate surface area is 137 Å². The number of fused-ring (bicyclic) bond motifs is 1. The second kappa shape index (κ2) is 6.15. The molecule has 2 aliphatic heterocycles. The van der Waals surface area contributed by atoms with Crippen LogP contribution in [-0.2, 0) is 17.8 Å². The molecule has 0 N–H and O–H groups in total. The summed E-state index contributed by atoms with van der Waals surface area (Å²) in [5.74, 6) is 1.05. The molecule has 1 saturated heterocycles. The SMILES string of the molecule is COC[C@@H]1CN(C(=O)N2CCCC2)Cc2ncn(CC3CC3)c21. The predicted molar refractivity (Wildman–Crippen MR) is 86.2 cm³/mol. The van der Waals surface area contributed by atoms with Gasteiger partial charge in [0.05, 0.1) is 25.2 Å². The van der Waals surface area contributed by atoms with Crippen molar-refractivity contribution in [1.82, 2.24) is 19.4 Å². The molecule has 0 radical (unpaired) electrons. The van der Waals surface area contributed by atoms with Gasteiger partial charge >= 0.3 is 6.03 Å². The molecule has 1 atom stereocenters. The van der Waals surface area contributed by atoms with Crippen molar-refractivity contribution in [2.45, 2.75) is 44.7 Å². The zero-order valence-corrected chi connectivity index (χ0v) is 13.9. The van der Waals surface area contributed by atoms with Crippen LogP contribution in [0.25, 0.3) is 0 Å². The topological polar surface area (TPSA) is 50.6 Å². The van der Waals surface area contributed by atoms with Crippen LogP contribution in [0.2, 0.25) is 0 Å². The molecule has 3 aliphatic rings. The Kier molecular flexibility index (Phi) is 4.01. The number of ether oxygens (including phenoxy) is 1. The first-order chi connectivity index (χ1) is 11.3. The number of methoxy groups -OCH3 is 1. The van der Waals surface area contributed by atoms with E-state index in [-0.39, 0.29) is 11.9 Å². The molecule has 1 aromatic heterocycles. The molecule has 23 heavy (non-hydrogen) atoms. The van der Waals surface area contributed by atoms with Crippen LogP contribution in [0.1, 0.15) is 43.0 Å². The fourth-order valence-corrected chi connectivity index (χ4v) is 3.93. The van der Waals surface area contributed by atoms with Crippen LogP contribution in [-0.4, -0.2) is 58.7 Å². The van der Waals surface area contributed by atoms with E-state index >= 15 is 0 Å². The molecule has 2 fully saturated rings. The van der Waals surface area contributed by atoms with Crippen LogP contribution in [0.4, 0.5) is 4.79 Å². The number of likely N-dealkylation sites (tertiary alicyclic amines) is 1. The van der Waals surface area contributed by atoms with E-state index in [4.69, 9.17) is 4.74 Å². The zero-order valence-electron chi connectivity index (χ0n) is 13.9. The van der Waals surface area contributed by atoms with Gasteiger partial charge in [-0.25, -0.2) is 9.78 Å². The lowest BCUT2D eigenvalue weighted by molar-refractivity contribution is 0.123. The summed E-state index contributed by atoms with van der Waals surface area (Å²) in [7, 11) is 1.74. The molecule has 0 bridgehead atoms. The molecular weight excluding hydrogens is 292 g/mol. The maximum Gasteiger partial charge on any atom is 0.320 e. The van der Waals surface area contributed by atoms with Crippen LogP contribution in [0.15, 0.2) is 6.33 Å². The molecule has 0 spiro atoms. The van der Waals surface area contributed by atoms with Gasteiger partial charge in [-0.3, -0.25) is 0 Å². The van der Waals surface area contributed by atoms with Gasteiger partial charge in [-0.15, -0.1) is 0 Å². The number of amides is 2. The quantitative estimate of drug-likeness (QED) is 0.854. The molecule has 3 heterocycles. The summed E-state index contributed by atoms with van der Waals surface area (Å²) >= 11 is 0. The molecule has 0 aromatic carbocycles. The van der Waals surface area contributed by atoms with Gasteiger partial charge in [-0.05, 0) is 31.6 Å². The second-order valence-corrected chi connectivity index (χ2v) is 7.18. The number of nitrogens with zero attached hydrogens (tertiary/aromatic N) is 4. The highest BCUT2D eigenvalue weighted by atomic mass is 16.5. The largest absolute Gasteiger partial charge is 0.384 e. The number of hydrogen-bond acceptors (Lipinski definition) is 3. The van der Waals surface area contributed by atoms with E-state index in [1.807, 2.05) is 16.1 Å². The lowest BCUT2D eigenvalue weighted by Crippen LogP contribution is -2.46. The lowest BCUT2D eigenvalue weighted by atomic mass is 9.99. The third kappa shape index (κ3) is 2.96. The molecule has 1 saturated carbocycles. The van der Waals surface area contributed by atoms with Gasteiger partial charge < -0.3 is 19.1 Å². The minimum Gasteiger partial charge on any atom is -0.384 e. The van der Waals surface area contributed by atoms with E-state index in [2.05, 4.69) is 9.55 Å². The van der Waals surface area contributed by atoms with Crippen molar-refractivity contribution < 1.29 is 9.53 Å². The van der Waals surface area contributed by atoms with Gasteiger partial charge in [0, 0.05) is 44.9 Å². The Morgan fingerprint density at radius 1 is 1.30 bits per heavy atom. The van der Waals surface area contributed by atoms with Crippen molar-refractivity contribution in [2.24, 2.45) is 5.92 Å². The predicted octanol–water partition coefficient (Wildman–Crippen LogP) is 2.05. The number of hydrogen-bond donors (Lipinski definition) is 0. The van der Waals surface area contributed by atoms with Crippen LogP contribution >= 0.6 is 0 Å². The van der Waals surface area contributed by atoms with Crippen molar-refractivity contribution in [3.05, 3.63) is 17.7 Å². The number of carbonyl (C=O) groups excluding carboxylic acids is 1. The normalized spacial score (nSPS) is 24.1. The number of rotatable bonds is 4. The Hall–Kier alpha value is -1.56. The zero-order chi connectivity index (χ0) is 15.8. The first kappa shape index (κ1) is 15.0. The minimum atomic E-state index is 0.172. The number of aromatic nitrogens is 2. The van der Waals surface area contributed by atoms with Crippen LogP contribution in [0.5, 0.6) is 0 Å². The van der Waals surface area contributed by atoms with E-state index < -0.39 is 0 Å². The summed E-state index contributed by atoms with van der Waals surface area (Å²) in [6.07, 6.45) is 6.89. The highest BCUT2D eigenvalue weighted by Gasteiger charge is 2.35. The van der Waals surface area contributed by atoms with Crippen LogP contribution < -0.4 is 0 Å². The number of carbonyl (C=O) groups is 1. The lowest BCUT2D eigenvalue weighted by Gasteiger charge is -2.35. The maximum absolute atomic E-state index is 12.7. The average Bonchev–Trinajstić information content (AvgIpc) is 3.04. The Balaban J connectivity index is 1.55. The molecular formula is C17H26N4O2. The van der Waals surface area contributed by atoms with Crippen molar-refractivity contribution in [3.63, 3.8) is 0 Å². The van der Waals surface area contributed by atoms with Gasteiger partial charge in [0.15, 0.2) is 0 Å². The van der Waals surface area contributed by atoms with Crippen LogP contribution in [0.3, 0.4) is 0 Å². The van der Waals surface area contributed by atoms with Crippen molar-refractivity contribution in [1.29, 1.82) is 0 Å². The Morgan fingerprint density at radius 3 is 2.78 bits per heavy atom. The van der Waals surface area contributed by atoms with E-state index in [1.54, 1.807) is 7.11 Å². The Bertz CT molecular complexity index is 575.